The molecule has 0 saturated heterocycles. The summed E-state index contributed by atoms with van der Waals surface area (Å²) in [5.41, 5.74) is 1.74. The van der Waals surface area contributed by atoms with Gasteiger partial charge in [0.15, 0.2) is 0 Å². The van der Waals surface area contributed by atoms with Gasteiger partial charge in [0.1, 0.15) is 0 Å². The van der Waals surface area contributed by atoms with Crippen LogP contribution >= 0.6 is 0 Å². The zero-order valence-corrected chi connectivity index (χ0v) is 17.1. The molecule has 0 bridgehead atoms. The lowest BCUT2D eigenvalue weighted by molar-refractivity contribution is -0.167. The Balaban J connectivity index is 1.77. The monoisotopic (exact) mass is 417 g/mol. The summed E-state index contributed by atoms with van der Waals surface area (Å²) in [4.78, 5) is 37.6. The molecule has 0 radical (unpaired) electrons. The maximum atomic E-state index is 12.8. The smallest absolute Gasteiger partial charge is 0.351 e. The number of amides is 1. The number of methoxy groups -OCH3 is 1. The molecule has 0 heterocycles. The molecule has 3 aromatic carbocycles. The van der Waals surface area contributed by atoms with E-state index in [4.69, 9.17) is 9.47 Å². The van der Waals surface area contributed by atoms with Crippen LogP contribution in [0.15, 0.2) is 91.0 Å². The second kappa shape index (κ2) is 10.7. The van der Waals surface area contributed by atoms with Crippen molar-refractivity contribution in [2.24, 2.45) is 0 Å². The molecule has 0 fully saturated rings. The average molecular weight is 417 g/mol. The number of ether oxygens (including phenoxy) is 2. The van der Waals surface area contributed by atoms with Crippen molar-refractivity contribution in [3.63, 3.8) is 0 Å². The van der Waals surface area contributed by atoms with Gasteiger partial charge in [0, 0.05) is 11.1 Å². The number of esters is 2. The van der Waals surface area contributed by atoms with Crippen molar-refractivity contribution in [3.8, 4) is 0 Å². The zero-order valence-electron chi connectivity index (χ0n) is 17.1. The van der Waals surface area contributed by atoms with E-state index in [9.17, 15) is 14.4 Å². The Labute approximate surface area is 180 Å². The number of hydrogen-bond acceptors (Lipinski definition) is 5. The standard InChI is InChI=1S/C25H23NO5/c1-30-25(29)23(19-13-7-3-8-14-19)31-22(27)17-21(18-11-5-2-6-12-18)26-24(28)20-15-9-4-10-16-20/h2-16,21,23H,17H2,1H3,(H,26,28). The number of rotatable bonds is 8. The number of benzene rings is 3. The summed E-state index contributed by atoms with van der Waals surface area (Å²) in [7, 11) is 1.24. The lowest BCUT2D eigenvalue weighted by atomic mass is 10.0. The summed E-state index contributed by atoms with van der Waals surface area (Å²) in [6.45, 7) is 0. The Kier molecular flexibility index (Phi) is 7.54. The van der Waals surface area contributed by atoms with Gasteiger partial charge >= 0.3 is 11.9 Å². The van der Waals surface area contributed by atoms with Crippen molar-refractivity contribution in [3.05, 3.63) is 108 Å². The highest BCUT2D eigenvalue weighted by atomic mass is 16.6. The van der Waals surface area contributed by atoms with Gasteiger partial charge in [-0.2, -0.15) is 0 Å². The fraction of sp³-hybridized carbons (Fsp3) is 0.160. The van der Waals surface area contributed by atoms with Crippen LogP contribution in [0.1, 0.15) is 40.1 Å². The molecule has 6 heteroatoms. The third-order valence-corrected chi connectivity index (χ3v) is 4.68. The van der Waals surface area contributed by atoms with Crippen LogP contribution in [-0.4, -0.2) is 25.0 Å². The quantitative estimate of drug-likeness (QED) is 0.560. The van der Waals surface area contributed by atoms with E-state index in [1.165, 1.54) is 7.11 Å². The molecule has 6 nitrogen and oxygen atoms in total. The molecule has 158 valence electrons. The van der Waals surface area contributed by atoms with Gasteiger partial charge in [0.05, 0.1) is 19.6 Å². The van der Waals surface area contributed by atoms with Crippen molar-refractivity contribution < 1.29 is 23.9 Å². The average Bonchev–Trinajstić information content (AvgIpc) is 2.83. The van der Waals surface area contributed by atoms with Crippen LogP contribution in [0.3, 0.4) is 0 Å². The molecule has 2 unspecified atom stereocenters. The van der Waals surface area contributed by atoms with E-state index >= 15 is 0 Å². The van der Waals surface area contributed by atoms with Gasteiger partial charge < -0.3 is 14.8 Å². The summed E-state index contributed by atoms with van der Waals surface area (Å²) in [5, 5.41) is 2.88. The molecule has 1 N–H and O–H groups in total. The molecule has 0 aliphatic heterocycles. The van der Waals surface area contributed by atoms with E-state index in [1.807, 2.05) is 36.4 Å². The summed E-state index contributed by atoms with van der Waals surface area (Å²) < 4.78 is 10.3. The minimum atomic E-state index is -1.18. The fourth-order valence-electron chi connectivity index (χ4n) is 3.10. The Hall–Kier alpha value is -3.93. The van der Waals surface area contributed by atoms with Crippen LogP contribution in [0.2, 0.25) is 0 Å². The Morgan fingerprint density at radius 3 is 1.84 bits per heavy atom. The second-order valence-corrected chi connectivity index (χ2v) is 6.81. The van der Waals surface area contributed by atoms with Gasteiger partial charge in [-0.25, -0.2) is 4.79 Å². The zero-order chi connectivity index (χ0) is 22.1. The minimum Gasteiger partial charge on any atom is -0.466 e. The molecule has 0 aliphatic rings. The SMILES string of the molecule is COC(=O)C(OC(=O)CC(NC(=O)c1ccccc1)c1ccccc1)c1ccccc1. The molecule has 2 atom stereocenters. The molecule has 31 heavy (non-hydrogen) atoms. The minimum absolute atomic E-state index is 0.150. The van der Waals surface area contributed by atoms with Crippen LogP contribution in [0.4, 0.5) is 0 Å². The molecule has 0 saturated carbocycles. The molecular weight excluding hydrogens is 394 g/mol. The van der Waals surface area contributed by atoms with Gasteiger partial charge in [0.25, 0.3) is 5.91 Å². The fourth-order valence-corrected chi connectivity index (χ4v) is 3.10. The van der Waals surface area contributed by atoms with Crippen LogP contribution in [0.25, 0.3) is 0 Å². The topological polar surface area (TPSA) is 81.7 Å². The molecular formula is C25H23NO5. The first kappa shape index (κ1) is 21.8. The summed E-state index contributed by atoms with van der Waals surface area (Å²) >= 11 is 0. The normalized spacial score (nSPS) is 12.3. The first-order valence-electron chi connectivity index (χ1n) is 9.81. The number of carbonyl (C=O) groups excluding carboxylic acids is 3. The third-order valence-electron chi connectivity index (χ3n) is 4.68. The van der Waals surface area contributed by atoms with Crippen LogP contribution in [-0.2, 0) is 19.1 Å². The molecule has 1 amide bonds. The Morgan fingerprint density at radius 2 is 1.29 bits per heavy atom. The van der Waals surface area contributed by atoms with Crippen molar-refractivity contribution in [2.45, 2.75) is 18.6 Å². The van der Waals surface area contributed by atoms with E-state index in [-0.39, 0.29) is 12.3 Å². The number of nitrogens with one attached hydrogen (secondary N) is 1. The van der Waals surface area contributed by atoms with Gasteiger partial charge in [-0.1, -0.05) is 78.9 Å². The highest BCUT2D eigenvalue weighted by Crippen LogP contribution is 2.23. The number of carbonyl (C=O) groups is 3. The third kappa shape index (κ3) is 6.02. The van der Waals surface area contributed by atoms with E-state index in [2.05, 4.69) is 5.32 Å². The van der Waals surface area contributed by atoms with E-state index in [0.29, 0.717) is 11.1 Å². The second-order valence-electron chi connectivity index (χ2n) is 6.81. The van der Waals surface area contributed by atoms with Gasteiger partial charge in [-0.05, 0) is 17.7 Å². The van der Waals surface area contributed by atoms with Gasteiger partial charge in [-0.3, -0.25) is 9.59 Å². The molecule has 0 aliphatic carbocycles. The Morgan fingerprint density at radius 1 is 0.774 bits per heavy atom. The van der Waals surface area contributed by atoms with Crippen LogP contribution in [0, 0.1) is 0 Å². The van der Waals surface area contributed by atoms with Crippen LogP contribution < -0.4 is 5.32 Å². The highest BCUT2D eigenvalue weighted by Gasteiger charge is 2.28. The van der Waals surface area contributed by atoms with Gasteiger partial charge in [-0.15, -0.1) is 0 Å². The van der Waals surface area contributed by atoms with E-state index < -0.39 is 24.1 Å². The predicted octanol–water partition coefficient (Wildman–Crippen LogP) is 4.01. The number of hydrogen-bond donors (Lipinski definition) is 1. The predicted molar refractivity (Wildman–Crippen MR) is 115 cm³/mol. The van der Waals surface area contributed by atoms with Crippen LogP contribution in [0.5, 0.6) is 0 Å². The van der Waals surface area contributed by atoms with Crippen molar-refractivity contribution in [1.29, 1.82) is 0 Å². The lowest BCUT2D eigenvalue weighted by Crippen LogP contribution is -2.31. The van der Waals surface area contributed by atoms with Crippen molar-refractivity contribution >= 4 is 17.8 Å². The summed E-state index contributed by atoms with van der Waals surface area (Å²) in [6.07, 6.45) is -1.33. The molecule has 0 aromatic heterocycles. The Bertz CT molecular complexity index is 1010. The van der Waals surface area contributed by atoms with Gasteiger partial charge in [0.2, 0.25) is 6.10 Å². The maximum Gasteiger partial charge on any atom is 0.351 e. The largest absolute Gasteiger partial charge is 0.466 e. The highest BCUT2D eigenvalue weighted by molar-refractivity contribution is 5.94. The molecule has 3 aromatic rings. The lowest BCUT2D eigenvalue weighted by Gasteiger charge is -2.21. The molecule has 0 spiro atoms. The first-order chi connectivity index (χ1) is 15.1. The maximum absolute atomic E-state index is 12.8. The van der Waals surface area contributed by atoms with Crippen molar-refractivity contribution in [1.82, 2.24) is 5.32 Å². The molecule has 3 rings (SSSR count). The summed E-state index contributed by atoms with van der Waals surface area (Å²) in [6, 6.07) is 25.9. The van der Waals surface area contributed by atoms with E-state index in [1.54, 1.807) is 54.6 Å². The first-order valence-corrected chi connectivity index (χ1v) is 9.81. The van der Waals surface area contributed by atoms with E-state index in [0.717, 1.165) is 5.56 Å². The summed E-state index contributed by atoms with van der Waals surface area (Å²) in [5.74, 6) is -1.62. The van der Waals surface area contributed by atoms with Crippen molar-refractivity contribution in [2.75, 3.05) is 7.11 Å².